The van der Waals surface area contributed by atoms with Gasteiger partial charge >= 0.3 is 0 Å². The number of anilines is 1. The number of sulfone groups is 1. The Labute approximate surface area is 110 Å². The molecule has 0 spiro atoms. The molecule has 1 aliphatic rings. The van der Waals surface area contributed by atoms with Gasteiger partial charge in [-0.2, -0.15) is 0 Å². The van der Waals surface area contributed by atoms with Gasteiger partial charge in [0.2, 0.25) is 0 Å². The van der Waals surface area contributed by atoms with E-state index in [4.69, 9.17) is 33.7 Å². The zero-order valence-electron chi connectivity index (χ0n) is 8.82. The lowest BCUT2D eigenvalue weighted by atomic mass is 10.2. The summed E-state index contributed by atoms with van der Waals surface area (Å²) in [5.41, 5.74) is 6.07. The number of hydrogen-bond donors (Lipinski definition) is 1. The molecule has 2 N–H and O–H groups in total. The minimum absolute atomic E-state index is 0.0205. The first-order chi connectivity index (χ1) is 7.87. The van der Waals surface area contributed by atoms with Crippen molar-refractivity contribution in [3.05, 3.63) is 22.2 Å². The van der Waals surface area contributed by atoms with Crippen molar-refractivity contribution in [1.82, 2.24) is 0 Å². The molecule has 0 bridgehead atoms. The average molecular weight is 296 g/mol. The van der Waals surface area contributed by atoms with Crippen molar-refractivity contribution < 1.29 is 13.2 Å². The summed E-state index contributed by atoms with van der Waals surface area (Å²) >= 11 is 11.6. The molecule has 1 unspecified atom stereocenters. The fourth-order valence-electron chi connectivity index (χ4n) is 1.68. The number of rotatable bonds is 2. The highest BCUT2D eigenvalue weighted by Gasteiger charge is 2.29. The Morgan fingerprint density at radius 2 is 1.94 bits per heavy atom. The maximum absolute atomic E-state index is 11.3. The highest BCUT2D eigenvalue weighted by molar-refractivity contribution is 7.91. The van der Waals surface area contributed by atoms with Crippen LogP contribution in [0.1, 0.15) is 6.42 Å². The third-order valence-corrected chi connectivity index (χ3v) is 5.00. The molecule has 2 rings (SSSR count). The molecule has 94 valence electrons. The van der Waals surface area contributed by atoms with Gasteiger partial charge in [-0.25, -0.2) is 8.42 Å². The van der Waals surface area contributed by atoms with Crippen molar-refractivity contribution in [2.75, 3.05) is 17.2 Å². The lowest BCUT2D eigenvalue weighted by Gasteiger charge is -2.14. The smallest absolute Gasteiger partial charge is 0.154 e. The molecule has 0 amide bonds. The summed E-state index contributed by atoms with van der Waals surface area (Å²) in [6.07, 6.45) is 0.113. The molecule has 0 aliphatic carbocycles. The first-order valence-corrected chi connectivity index (χ1v) is 7.57. The van der Waals surface area contributed by atoms with Crippen LogP contribution in [0.5, 0.6) is 5.75 Å². The van der Waals surface area contributed by atoms with Gasteiger partial charge in [-0.05, 0) is 12.5 Å². The number of halogens is 2. The zero-order chi connectivity index (χ0) is 12.6. The predicted molar refractivity (Wildman–Crippen MR) is 68.6 cm³/mol. The molecule has 0 aromatic heterocycles. The second-order valence-electron chi connectivity index (χ2n) is 3.95. The molecule has 1 aromatic carbocycles. The van der Waals surface area contributed by atoms with Crippen molar-refractivity contribution in [1.29, 1.82) is 0 Å². The van der Waals surface area contributed by atoms with Crippen molar-refractivity contribution in [3.63, 3.8) is 0 Å². The maximum Gasteiger partial charge on any atom is 0.154 e. The van der Waals surface area contributed by atoms with Crippen LogP contribution in [0.4, 0.5) is 5.69 Å². The van der Waals surface area contributed by atoms with Gasteiger partial charge in [0, 0.05) is 6.07 Å². The summed E-state index contributed by atoms with van der Waals surface area (Å²) < 4.78 is 28.1. The van der Waals surface area contributed by atoms with Gasteiger partial charge in [0.25, 0.3) is 0 Å². The molecule has 1 heterocycles. The minimum atomic E-state index is -2.97. The summed E-state index contributed by atoms with van der Waals surface area (Å²) in [7, 11) is -2.97. The Hall–Kier alpha value is -0.650. The Morgan fingerprint density at radius 3 is 2.53 bits per heavy atom. The number of ether oxygens (including phenoxy) is 1. The van der Waals surface area contributed by atoms with Crippen LogP contribution in [0.3, 0.4) is 0 Å². The van der Waals surface area contributed by atoms with E-state index in [2.05, 4.69) is 0 Å². The van der Waals surface area contributed by atoms with E-state index in [0.717, 1.165) is 0 Å². The van der Waals surface area contributed by atoms with Gasteiger partial charge in [-0.1, -0.05) is 23.2 Å². The lowest BCUT2D eigenvalue weighted by Crippen LogP contribution is -2.18. The van der Waals surface area contributed by atoms with Crippen LogP contribution in [0, 0.1) is 0 Å². The van der Waals surface area contributed by atoms with Crippen molar-refractivity contribution >= 4 is 38.7 Å². The largest absolute Gasteiger partial charge is 0.487 e. The second-order valence-corrected chi connectivity index (χ2v) is 6.99. The SMILES string of the molecule is Nc1cc(Cl)c(Cl)cc1OC1CCS(=O)(=O)C1. The van der Waals surface area contributed by atoms with Crippen LogP contribution in [0.2, 0.25) is 10.0 Å². The number of hydrogen-bond acceptors (Lipinski definition) is 4. The quantitative estimate of drug-likeness (QED) is 0.849. The Balaban J connectivity index is 2.17. The van der Waals surface area contributed by atoms with E-state index in [1.807, 2.05) is 0 Å². The van der Waals surface area contributed by atoms with Gasteiger partial charge in [-0.3, -0.25) is 0 Å². The van der Waals surface area contributed by atoms with E-state index in [1.165, 1.54) is 12.1 Å². The number of benzene rings is 1. The molecule has 17 heavy (non-hydrogen) atoms. The second kappa shape index (κ2) is 4.55. The Morgan fingerprint density at radius 1 is 1.29 bits per heavy atom. The maximum atomic E-state index is 11.3. The molecule has 7 heteroatoms. The van der Waals surface area contributed by atoms with Gasteiger partial charge in [-0.15, -0.1) is 0 Å². The fraction of sp³-hybridized carbons (Fsp3) is 0.400. The van der Waals surface area contributed by atoms with Crippen LogP contribution < -0.4 is 10.5 Å². The molecule has 4 nitrogen and oxygen atoms in total. The van der Waals surface area contributed by atoms with Crippen LogP contribution >= 0.6 is 23.2 Å². The first-order valence-electron chi connectivity index (χ1n) is 4.99. The summed E-state index contributed by atoms with van der Waals surface area (Å²) in [6.45, 7) is 0. The zero-order valence-corrected chi connectivity index (χ0v) is 11.1. The van der Waals surface area contributed by atoms with Crippen molar-refractivity contribution in [3.8, 4) is 5.75 Å². The Bertz CT molecular complexity index is 545. The van der Waals surface area contributed by atoms with Gasteiger partial charge in [0.1, 0.15) is 11.9 Å². The third-order valence-electron chi connectivity index (χ3n) is 2.54. The first kappa shape index (κ1) is 12.8. The van der Waals surface area contributed by atoms with Crippen LogP contribution in [0.15, 0.2) is 12.1 Å². The third kappa shape index (κ3) is 2.97. The van der Waals surface area contributed by atoms with E-state index >= 15 is 0 Å². The average Bonchev–Trinajstić information content (AvgIpc) is 2.54. The van der Waals surface area contributed by atoms with Crippen LogP contribution in [-0.4, -0.2) is 26.0 Å². The van der Waals surface area contributed by atoms with Gasteiger partial charge in [0.05, 0.1) is 27.2 Å². The molecule has 1 aromatic rings. The normalized spacial score (nSPS) is 22.6. The lowest BCUT2D eigenvalue weighted by molar-refractivity contribution is 0.230. The van der Waals surface area contributed by atoms with Crippen LogP contribution in [-0.2, 0) is 9.84 Å². The highest BCUT2D eigenvalue weighted by Crippen LogP contribution is 2.33. The molecule has 1 saturated heterocycles. The van der Waals surface area contributed by atoms with Gasteiger partial charge < -0.3 is 10.5 Å². The van der Waals surface area contributed by atoms with Crippen molar-refractivity contribution in [2.24, 2.45) is 0 Å². The van der Waals surface area contributed by atoms with E-state index in [-0.39, 0.29) is 17.6 Å². The minimum Gasteiger partial charge on any atom is -0.487 e. The van der Waals surface area contributed by atoms with Crippen molar-refractivity contribution in [2.45, 2.75) is 12.5 Å². The number of nitrogens with two attached hydrogens (primary N) is 1. The predicted octanol–water partition coefficient (Wildman–Crippen LogP) is 2.14. The molecule has 1 aliphatic heterocycles. The molecular formula is C10H11Cl2NO3S. The molecule has 1 atom stereocenters. The fourth-order valence-corrected chi connectivity index (χ4v) is 3.60. The van der Waals surface area contributed by atoms with E-state index in [9.17, 15) is 8.42 Å². The topological polar surface area (TPSA) is 69.4 Å². The Kier molecular flexibility index (Phi) is 3.43. The molecular weight excluding hydrogens is 285 g/mol. The summed E-state index contributed by atoms with van der Waals surface area (Å²) in [5, 5.41) is 0.673. The molecule has 0 radical (unpaired) electrons. The number of nitrogen functional groups attached to an aromatic ring is 1. The van der Waals surface area contributed by atoms with E-state index < -0.39 is 9.84 Å². The van der Waals surface area contributed by atoms with Gasteiger partial charge in [0.15, 0.2) is 9.84 Å². The standard InChI is InChI=1S/C10H11Cl2NO3S/c11-7-3-9(13)10(4-8(7)12)16-6-1-2-17(14,15)5-6/h3-4,6H,1-2,5,13H2. The monoisotopic (exact) mass is 295 g/mol. The van der Waals surface area contributed by atoms with E-state index in [0.29, 0.717) is 27.9 Å². The van der Waals surface area contributed by atoms with Crippen LogP contribution in [0.25, 0.3) is 0 Å². The summed E-state index contributed by atoms with van der Waals surface area (Å²) in [6, 6.07) is 2.99. The van der Waals surface area contributed by atoms with E-state index in [1.54, 1.807) is 0 Å². The highest BCUT2D eigenvalue weighted by atomic mass is 35.5. The molecule has 0 saturated carbocycles. The summed E-state index contributed by atoms with van der Waals surface area (Å²) in [5.74, 6) is 0.549. The summed E-state index contributed by atoms with van der Waals surface area (Å²) in [4.78, 5) is 0. The molecule has 1 fully saturated rings.